The van der Waals surface area contributed by atoms with Crippen molar-refractivity contribution < 1.29 is 14.3 Å². The summed E-state index contributed by atoms with van der Waals surface area (Å²) in [6.07, 6.45) is 0. The minimum Gasteiger partial charge on any atom is -0.464 e. The fraction of sp³-hybridized carbons (Fsp3) is 0.188. The molecule has 0 bridgehead atoms. The normalized spacial score (nSPS) is 11.6. The SMILES string of the molecule is COC(=O)c1cccc(C(=O)NC(C)c2ccccc2Br)n1. The molecule has 0 fully saturated rings. The van der Waals surface area contributed by atoms with Crippen molar-refractivity contribution in [2.24, 2.45) is 0 Å². The van der Waals surface area contributed by atoms with Crippen molar-refractivity contribution in [2.45, 2.75) is 13.0 Å². The predicted octanol–water partition coefficient (Wildman–Crippen LogP) is 3.12. The Hall–Kier alpha value is -2.21. The smallest absolute Gasteiger partial charge is 0.356 e. The van der Waals surface area contributed by atoms with Crippen molar-refractivity contribution in [3.8, 4) is 0 Å². The second-order valence-corrected chi connectivity index (χ2v) is 5.47. The van der Waals surface area contributed by atoms with Crippen LogP contribution in [0, 0.1) is 0 Å². The van der Waals surface area contributed by atoms with Crippen LogP contribution in [-0.4, -0.2) is 24.0 Å². The number of amides is 1. The molecular weight excluding hydrogens is 348 g/mol. The number of ether oxygens (including phenoxy) is 1. The lowest BCUT2D eigenvalue weighted by Crippen LogP contribution is -2.28. The molecule has 0 aliphatic carbocycles. The van der Waals surface area contributed by atoms with Crippen LogP contribution < -0.4 is 5.32 Å². The number of methoxy groups -OCH3 is 1. The van der Waals surface area contributed by atoms with Gasteiger partial charge in [-0.3, -0.25) is 4.79 Å². The summed E-state index contributed by atoms with van der Waals surface area (Å²) >= 11 is 3.45. The molecule has 1 aromatic carbocycles. The van der Waals surface area contributed by atoms with Crippen LogP contribution in [0.3, 0.4) is 0 Å². The van der Waals surface area contributed by atoms with Crippen molar-refractivity contribution in [1.82, 2.24) is 10.3 Å². The molecule has 0 aliphatic heterocycles. The number of nitrogens with one attached hydrogen (secondary N) is 1. The lowest BCUT2D eigenvalue weighted by molar-refractivity contribution is 0.0594. The van der Waals surface area contributed by atoms with E-state index in [4.69, 9.17) is 0 Å². The van der Waals surface area contributed by atoms with E-state index >= 15 is 0 Å². The van der Waals surface area contributed by atoms with Crippen molar-refractivity contribution in [3.05, 3.63) is 63.9 Å². The first-order valence-electron chi connectivity index (χ1n) is 6.63. The van der Waals surface area contributed by atoms with Crippen LogP contribution in [0.25, 0.3) is 0 Å². The van der Waals surface area contributed by atoms with Crippen LogP contribution in [0.2, 0.25) is 0 Å². The highest BCUT2D eigenvalue weighted by Crippen LogP contribution is 2.22. The molecular formula is C16H15BrN2O3. The Morgan fingerprint density at radius 2 is 1.82 bits per heavy atom. The molecule has 1 heterocycles. The van der Waals surface area contributed by atoms with E-state index in [-0.39, 0.29) is 23.3 Å². The number of esters is 1. The number of carbonyl (C=O) groups is 2. The monoisotopic (exact) mass is 362 g/mol. The van der Waals surface area contributed by atoms with Gasteiger partial charge in [-0.25, -0.2) is 9.78 Å². The maximum Gasteiger partial charge on any atom is 0.356 e. The Bertz CT molecular complexity index is 703. The van der Waals surface area contributed by atoms with E-state index in [0.717, 1.165) is 10.0 Å². The molecule has 22 heavy (non-hydrogen) atoms. The number of halogens is 1. The van der Waals surface area contributed by atoms with Gasteiger partial charge in [-0.05, 0) is 30.7 Å². The Balaban J connectivity index is 2.16. The molecule has 5 nitrogen and oxygen atoms in total. The first-order chi connectivity index (χ1) is 10.5. The number of benzene rings is 1. The summed E-state index contributed by atoms with van der Waals surface area (Å²) in [6.45, 7) is 1.88. The molecule has 0 aliphatic rings. The summed E-state index contributed by atoms with van der Waals surface area (Å²) < 4.78 is 5.51. The molecule has 1 aromatic heterocycles. The van der Waals surface area contributed by atoms with Crippen LogP contribution in [0.1, 0.15) is 39.5 Å². The van der Waals surface area contributed by atoms with Gasteiger partial charge >= 0.3 is 5.97 Å². The van der Waals surface area contributed by atoms with E-state index in [0.29, 0.717) is 0 Å². The van der Waals surface area contributed by atoms with Gasteiger partial charge in [0, 0.05) is 4.47 Å². The summed E-state index contributed by atoms with van der Waals surface area (Å²) in [4.78, 5) is 27.7. The number of nitrogens with zero attached hydrogens (tertiary/aromatic N) is 1. The Labute approximate surface area is 136 Å². The van der Waals surface area contributed by atoms with Gasteiger partial charge in [0.25, 0.3) is 5.91 Å². The van der Waals surface area contributed by atoms with Gasteiger partial charge in [0.1, 0.15) is 11.4 Å². The molecule has 1 atom stereocenters. The van der Waals surface area contributed by atoms with Gasteiger partial charge in [-0.1, -0.05) is 40.2 Å². The van der Waals surface area contributed by atoms with Gasteiger partial charge in [-0.15, -0.1) is 0 Å². The molecule has 1 unspecified atom stereocenters. The highest BCUT2D eigenvalue weighted by Gasteiger charge is 2.16. The largest absolute Gasteiger partial charge is 0.464 e. The number of rotatable bonds is 4. The number of carbonyl (C=O) groups excluding carboxylic acids is 2. The number of hydrogen-bond donors (Lipinski definition) is 1. The van der Waals surface area contributed by atoms with Gasteiger partial charge < -0.3 is 10.1 Å². The molecule has 0 saturated heterocycles. The fourth-order valence-corrected chi connectivity index (χ4v) is 2.58. The molecule has 114 valence electrons. The van der Waals surface area contributed by atoms with E-state index in [1.54, 1.807) is 12.1 Å². The third-order valence-corrected chi connectivity index (χ3v) is 3.82. The second-order valence-electron chi connectivity index (χ2n) is 4.62. The zero-order valence-electron chi connectivity index (χ0n) is 12.2. The van der Waals surface area contributed by atoms with Crippen LogP contribution in [0.4, 0.5) is 0 Å². The van der Waals surface area contributed by atoms with E-state index in [2.05, 4.69) is 31.0 Å². The molecule has 1 amide bonds. The minimum atomic E-state index is -0.575. The number of pyridine rings is 1. The van der Waals surface area contributed by atoms with Crippen molar-refractivity contribution >= 4 is 27.8 Å². The average Bonchev–Trinajstić information content (AvgIpc) is 2.54. The van der Waals surface area contributed by atoms with Crippen LogP contribution in [0.5, 0.6) is 0 Å². The topological polar surface area (TPSA) is 68.3 Å². The van der Waals surface area contributed by atoms with Crippen molar-refractivity contribution in [2.75, 3.05) is 7.11 Å². The van der Waals surface area contributed by atoms with E-state index in [9.17, 15) is 9.59 Å². The van der Waals surface area contributed by atoms with Crippen molar-refractivity contribution in [3.63, 3.8) is 0 Å². The number of aromatic nitrogens is 1. The molecule has 2 rings (SSSR count). The highest BCUT2D eigenvalue weighted by molar-refractivity contribution is 9.10. The van der Waals surface area contributed by atoms with Gasteiger partial charge in [0.15, 0.2) is 0 Å². The zero-order valence-corrected chi connectivity index (χ0v) is 13.8. The van der Waals surface area contributed by atoms with Crippen LogP contribution >= 0.6 is 15.9 Å². The first-order valence-corrected chi connectivity index (χ1v) is 7.43. The lowest BCUT2D eigenvalue weighted by Gasteiger charge is -2.15. The van der Waals surface area contributed by atoms with Gasteiger partial charge in [0.2, 0.25) is 0 Å². The van der Waals surface area contributed by atoms with E-state index in [1.165, 1.54) is 13.2 Å². The molecule has 2 aromatic rings. The van der Waals surface area contributed by atoms with Crippen LogP contribution in [-0.2, 0) is 4.74 Å². The predicted molar refractivity (Wildman–Crippen MR) is 85.6 cm³/mol. The Morgan fingerprint density at radius 1 is 1.14 bits per heavy atom. The lowest BCUT2D eigenvalue weighted by atomic mass is 10.1. The Kier molecular flexibility index (Phi) is 5.27. The molecule has 1 N–H and O–H groups in total. The highest BCUT2D eigenvalue weighted by atomic mass is 79.9. The van der Waals surface area contributed by atoms with Crippen LogP contribution in [0.15, 0.2) is 46.9 Å². The summed E-state index contributed by atoms with van der Waals surface area (Å²) in [5.41, 5.74) is 1.23. The third kappa shape index (κ3) is 3.71. The fourth-order valence-electron chi connectivity index (χ4n) is 1.95. The molecule has 0 spiro atoms. The van der Waals surface area contributed by atoms with Gasteiger partial charge in [-0.2, -0.15) is 0 Å². The Morgan fingerprint density at radius 3 is 2.50 bits per heavy atom. The summed E-state index contributed by atoms with van der Waals surface area (Å²) in [5, 5.41) is 2.85. The molecule has 0 saturated carbocycles. The van der Waals surface area contributed by atoms with Gasteiger partial charge in [0.05, 0.1) is 13.2 Å². The van der Waals surface area contributed by atoms with E-state index < -0.39 is 5.97 Å². The summed E-state index contributed by atoms with van der Waals surface area (Å²) in [6, 6.07) is 12.1. The third-order valence-electron chi connectivity index (χ3n) is 3.10. The maximum absolute atomic E-state index is 12.3. The second kappa shape index (κ2) is 7.17. The molecule has 6 heteroatoms. The first kappa shape index (κ1) is 16.2. The number of hydrogen-bond acceptors (Lipinski definition) is 4. The van der Waals surface area contributed by atoms with E-state index in [1.807, 2.05) is 31.2 Å². The summed E-state index contributed by atoms with van der Waals surface area (Å²) in [7, 11) is 1.27. The quantitative estimate of drug-likeness (QED) is 0.848. The molecule has 0 radical (unpaired) electrons. The zero-order chi connectivity index (χ0) is 16.1. The average molecular weight is 363 g/mol. The standard InChI is InChI=1S/C16H15BrN2O3/c1-10(11-6-3-4-7-12(11)17)18-15(20)13-8-5-9-14(19-13)16(21)22-2/h3-10H,1-2H3,(H,18,20). The maximum atomic E-state index is 12.3. The minimum absolute atomic E-state index is 0.101. The summed E-state index contributed by atoms with van der Waals surface area (Å²) in [5.74, 6) is -0.928. The van der Waals surface area contributed by atoms with Crippen molar-refractivity contribution in [1.29, 1.82) is 0 Å².